The number of methoxy groups -OCH3 is 1. The van der Waals surface area contributed by atoms with Crippen molar-refractivity contribution in [1.82, 2.24) is 4.98 Å². The second kappa shape index (κ2) is 8.86. The fourth-order valence-corrected chi connectivity index (χ4v) is 4.00. The van der Waals surface area contributed by atoms with Crippen LogP contribution in [0.1, 0.15) is 56.9 Å². The lowest BCUT2D eigenvalue weighted by Crippen LogP contribution is -2.33. The number of nitrogens with zero attached hydrogens (tertiary/aromatic N) is 1. The van der Waals surface area contributed by atoms with Gasteiger partial charge in [-0.15, -0.1) is 0 Å². The van der Waals surface area contributed by atoms with Crippen molar-refractivity contribution in [2.45, 2.75) is 58.2 Å². The summed E-state index contributed by atoms with van der Waals surface area (Å²) in [5, 5.41) is 2.79. The highest BCUT2D eigenvalue weighted by Gasteiger charge is 2.51. The summed E-state index contributed by atoms with van der Waals surface area (Å²) in [6, 6.07) is 6.00. The average Bonchev–Trinajstić information content (AvgIpc) is 2.97. The molecule has 0 saturated carbocycles. The summed E-state index contributed by atoms with van der Waals surface area (Å²) in [5.74, 6) is -2.66. The summed E-state index contributed by atoms with van der Waals surface area (Å²) in [4.78, 5) is 17.4. The van der Waals surface area contributed by atoms with E-state index in [4.69, 9.17) is 9.47 Å². The van der Waals surface area contributed by atoms with Gasteiger partial charge in [0.1, 0.15) is 6.10 Å². The fraction of sp³-hybridized carbons (Fsp3) is 0.478. The van der Waals surface area contributed by atoms with E-state index in [-0.39, 0.29) is 11.7 Å². The molecule has 1 aliphatic heterocycles. The monoisotopic (exact) mass is 436 g/mol. The number of pyridine rings is 1. The van der Waals surface area contributed by atoms with Crippen molar-refractivity contribution in [3.8, 4) is 5.75 Å². The maximum Gasteiger partial charge on any atom is 0.266 e. The summed E-state index contributed by atoms with van der Waals surface area (Å²) >= 11 is 0. The Hall–Kier alpha value is -2.61. The van der Waals surface area contributed by atoms with Crippen LogP contribution in [0.25, 0.3) is 0 Å². The quantitative estimate of drug-likeness (QED) is 0.671. The number of alkyl halides is 2. The number of aromatic nitrogens is 1. The van der Waals surface area contributed by atoms with E-state index < -0.39 is 41.3 Å². The Balaban J connectivity index is 1.98. The molecule has 1 fully saturated rings. The van der Waals surface area contributed by atoms with Crippen molar-refractivity contribution in [2.75, 3.05) is 12.4 Å². The fourth-order valence-electron chi connectivity index (χ4n) is 4.00. The molecule has 5 nitrogen and oxygen atoms in total. The molecule has 3 atom stereocenters. The van der Waals surface area contributed by atoms with Gasteiger partial charge in [0.25, 0.3) is 12.3 Å². The topological polar surface area (TPSA) is 60.5 Å². The van der Waals surface area contributed by atoms with Crippen molar-refractivity contribution in [2.24, 2.45) is 5.92 Å². The van der Waals surface area contributed by atoms with E-state index >= 15 is 0 Å². The minimum atomic E-state index is -2.98. The molecule has 168 valence electrons. The standard InChI is InChI=1S/C23H27F3N2O3/c1-6-13-7-8-14(11-27-13)28-22(29)20-17(12(2)23(3,4)31-20)15-9-10-16(21(25)26)18(24)19(15)30-5/h7-12,17,20-21H,6H2,1-5H3,(H,28,29)/t12-,17-,20+/m0/s1. The number of carbonyl (C=O) groups is 1. The van der Waals surface area contributed by atoms with E-state index in [0.717, 1.165) is 18.2 Å². The number of amides is 1. The Bertz CT molecular complexity index is 948. The van der Waals surface area contributed by atoms with Gasteiger partial charge in [0.2, 0.25) is 0 Å². The first-order chi connectivity index (χ1) is 14.6. The third-order valence-corrected chi connectivity index (χ3v) is 6.06. The lowest BCUT2D eigenvalue weighted by molar-refractivity contribution is -0.131. The molecule has 1 N–H and O–H groups in total. The Kier molecular flexibility index (Phi) is 6.59. The van der Waals surface area contributed by atoms with Crippen molar-refractivity contribution < 1.29 is 27.4 Å². The molecule has 1 aromatic carbocycles. The van der Waals surface area contributed by atoms with Gasteiger partial charge in [-0.05, 0) is 44.4 Å². The normalized spacial score (nSPS) is 22.5. The van der Waals surface area contributed by atoms with Crippen molar-refractivity contribution in [3.05, 3.63) is 53.1 Å². The van der Waals surface area contributed by atoms with Crippen LogP contribution in [0, 0.1) is 11.7 Å². The molecule has 0 aliphatic carbocycles. The first-order valence-electron chi connectivity index (χ1n) is 10.2. The van der Waals surface area contributed by atoms with Gasteiger partial charge in [-0.25, -0.2) is 13.2 Å². The minimum absolute atomic E-state index is 0.227. The van der Waals surface area contributed by atoms with Crippen molar-refractivity contribution >= 4 is 11.6 Å². The number of aryl methyl sites for hydroxylation is 1. The minimum Gasteiger partial charge on any atom is -0.493 e. The predicted octanol–water partition coefficient (Wildman–Crippen LogP) is 5.27. The first-order valence-corrected chi connectivity index (χ1v) is 10.2. The first kappa shape index (κ1) is 23.1. The van der Waals surface area contributed by atoms with Crippen LogP contribution in [-0.2, 0) is 16.0 Å². The molecule has 0 bridgehead atoms. The Morgan fingerprint density at radius 1 is 1.29 bits per heavy atom. The van der Waals surface area contributed by atoms with E-state index in [1.165, 1.54) is 13.2 Å². The molecule has 1 saturated heterocycles. The second-order valence-corrected chi connectivity index (χ2v) is 8.23. The molecular weight excluding hydrogens is 409 g/mol. The molecule has 1 aromatic heterocycles. The molecule has 2 aromatic rings. The van der Waals surface area contributed by atoms with E-state index in [9.17, 15) is 18.0 Å². The zero-order chi connectivity index (χ0) is 22.9. The van der Waals surface area contributed by atoms with Gasteiger partial charge in [0.05, 0.1) is 30.2 Å². The number of ether oxygens (including phenoxy) is 2. The van der Waals surface area contributed by atoms with Crippen LogP contribution in [0.3, 0.4) is 0 Å². The van der Waals surface area contributed by atoms with Gasteiger partial charge in [0.15, 0.2) is 11.6 Å². The van der Waals surface area contributed by atoms with Gasteiger partial charge in [0, 0.05) is 17.2 Å². The third-order valence-electron chi connectivity index (χ3n) is 6.06. The van der Waals surface area contributed by atoms with Crippen molar-refractivity contribution in [3.63, 3.8) is 0 Å². The Labute approximate surface area is 180 Å². The lowest BCUT2D eigenvalue weighted by Gasteiger charge is -2.26. The molecule has 0 spiro atoms. The highest BCUT2D eigenvalue weighted by Crippen LogP contribution is 2.49. The van der Waals surface area contributed by atoms with Gasteiger partial charge in [-0.1, -0.05) is 19.9 Å². The Morgan fingerprint density at radius 2 is 2.00 bits per heavy atom. The maximum absolute atomic E-state index is 14.7. The molecule has 8 heteroatoms. The van der Waals surface area contributed by atoms with Crippen LogP contribution in [0.2, 0.25) is 0 Å². The smallest absolute Gasteiger partial charge is 0.266 e. The summed E-state index contributed by atoms with van der Waals surface area (Å²) in [6.07, 6.45) is -1.61. The molecule has 3 rings (SSSR count). The van der Waals surface area contributed by atoms with Gasteiger partial charge < -0.3 is 14.8 Å². The molecular formula is C23H27F3N2O3. The van der Waals surface area contributed by atoms with E-state index in [0.29, 0.717) is 11.3 Å². The lowest BCUT2D eigenvalue weighted by atomic mass is 9.77. The molecule has 0 radical (unpaired) electrons. The zero-order valence-electron chi connectivity index (χ0n) is 18.2. The molecule has 2 heterocycles. The number of hydrogen-bond acceptors (Lipinski definition) is 4. The number of benzene rings is 1. The van der Waals surface area contributed by atoms with Gasteiger partial charge in [-0.3, -0.25) is 9.78 Å². The largest absolute Gasteiger partial charge is 0.493 e. The second-order valence-electron chi connectivity index (χ2n) is 8.23. The third kappa shape index (κ3) is 4.39. The van der Waals surface area contributed by atoms with Crippen molar-refractivity contribution in [1.29, 1.82) is 0 Å². The maximum atomic E-state index is 14.7. The van der Waals surface area contributed by atoms with Gasteiger partial charge >= 0.3 is 0 Å². The van der Waals surface area contributed by atoms with E-state index in [2.05, 4.69) is 10.3 Å². The van der Waals surface area contributed by atoms with Crippen LogP contribution < -0.4 is 10.1 Å². The highest BCUT2D eigenvalue weighted by molar-refractivity contribution is 5.95. The van der Waals surface area contributed by atoms with Crippen LogP contribution in [0.15, 0.2) is 30.5 Å². The van der Waals surface area contributed by atoms with Gasteiger partial charge in [-0.2, -0.15) is 0 Å². The average molecular weight is 436 g/mol. The van der Waals surface area contributed by atoms with E-state index in [1.807, 2.05) is 33.8 Å². The Morgan fingerprint density at radius 3 is 2.55 bits per heavy atom. The molecule has 31 heavy (non-hydrogen) atoms. The number of halogens is 3. The van der Waals surface area contributed by atoms with Crippen LogP contribution >= 0.6 is 0 Å². The molecule has 0 unspecified atom stereocenters. The number of nitrogens with one attached hydrogen (secondary N) is 1. The summed E-state index contributed by atoms with van der Waals surface area (Å²) in [7, 11) is 1.22. The number of hydrogen-bond donors (Lipinski definition) is 1. The molecule has 1 aliphatic rings. The van der Waals surface area contributed by atoms with E-state index in [1.54, 1.807) is 12.3 Å². The van der Waals surface area contributed by atoms with Crippen LogP contribution in [-0.4, -0.2) is 29.7 Å². The highest BCUT2D eigenvalue weighted by atomic mass is 19.3. The summed E-state index contributed by atoms with van der Waals surface area (Å²) in [6.45, 7) is 7.54. The SMILES string of the molecule is CCc1ccc(NC(=O)[C@@H]2OC(C)(C)[C@@H](C)[C@H]2c2ccc(C(F)F)c(F)c2OC)cn1. The summed E-state index contributed by atoms with van der Waals surface area (Å²) < 4.78 is 52.3. The number of carbonyl (C=O) groups excluding carboxylic acids is 1. The van der Waals surface area contributed by atoms with Crippen LogP contribution in [0.5, 0.6) is 5.75 Å². The number of anilines is 1. The molecule has 1 amide bonds. The summed E-state index contributed by atoms with van der Waals surface area (Å²) in [5.41, 5.74) is 0.270. The zero-order valence-corrected chi connectivity index (χ0v) is 18.2. The number of rotatable bonds is 6. The van der Waals surface area contributed by atoms with Crippen LogP contribution in [0.4, 0.5) is 18.9 Å². The predicted molar refractivity (Wildman–Crippen MR) is 111 cm³/mol.